The summed E-state index contributed by atoms with van der Waals surface area (Å²) in [5.74, 6) is 0. The highest BCUT2D eigenvalue weighted by molar-refractivity contribution is 5.91. The molecule has 2 aromatic rings. The molecule has 0 amide bonds. The van der Waals surface area contributed by atoms with E-state index in [-0.39, 0.29) is 0 Å². The Morgan fingerprint density at radius 2 is 2.06 bits per heavy atom. The molecule has 18 heavy (non-hydrogen) atoms. The third-order valence-electron chi connectivity index (χ3n) is 2.93. The van der Waals surface area contributed by atoms with Crippen LogP contribution in [0, 0.1) is 6.92 Å². The molecule has 0 unspecified atom stereocenters. The Bertz CT molecular complexity index is 511. The minimum atomic E-state index is 0.831. The fourth-order valence-corrected chi connectivity index (χ4v) is 2.05. The third kappa shape index (κ3) is 3.20. The van der Waals surface area contributed by atoms with E-state index in [9.17, 15) is 0 Å². The number of methoxy groups -OCH3 is 1. The number of rotatable bonds is 6. The number of hydrogen-bond donors (Lipinski definition) is 1. The molecule has 0 aliphatic rings. The summed E-state index contributed by atoms with van der Waals surface area (Å²) in [5, 5.41) is 4.68. The van der Waals surface area contributed by atoms with Crippen molar-refractivity contribution in [3.63, 3.8) is 0 Å². The van der Waals surface area contributed by atoms with Gasteiger partial charge in [-0.3, -0.25) is 4.98 Å². The van der Waals surface area contributed by atoms with Gasteiger partial charge in [0.15, 0.2) is 0 Å². The molecule has 0 fully saturated rings. The van der Waals surface area contributed by atoms with Gasteiger partial charge in [-0.05, 0) is 31.9 Å². The molecule has 0 aliphatic carbocycles. The molecule has 0 saturated carbocycles. The molecule has 3 heteroatoms. The second-order valence-corrected chi connectivity index (χ2v) is 4.46. The van der Waals surface area contributed by atoms with Gasteiger partial charge in [-0.2, -0.15) is 0 Å². The summed E-state index contributed by atoms with van der Waals surface area (Å²) >= 11 is 0. The monoisotopic (exact) mass is 244 g/mol. The number of nitrogens with one attached hydrogen (secondary N) is 1. The van der Waals surface area contributed by atoms with E-state index in [1.165, 1.54) is 11.1 Å². The summed E-state index contributed by atoms with van der Waals surface area (Å²) in [7, 11) is 1.74. The van der Waals surface area contributed by atoms with Crippen molar-refractivity contribution in [2.75, 3.05) is 25.6 Å². The van der Waals surface area contributed by atoms with Crippen molar-refractivity contribution in [2.45, 2.75) is 19.8 Å². The summed E-state index contributed by atoms with van der Waals surface area (Å²) in [5.41, 5.74) is 3.28. The minimum Gasteiger partial charge on any atom is -0.385 e. The van der Waals surface area contributed by atoms with Crippen molar-refractivity contribution in [1.82, 2.24) is 4.98 Å². The first-order valence-corrected chi connectivity index (χ1v) is 6.40. The zero-order chi connectivity index (χ0) is 12.8. The number of ether oxygens (including phenoxy) is 1. The summed E-state index contributed by atoms with van der Waals surface area (Å²) in [6.07, 6.45) is 2.20. The van der Waals surface area contributed by atoms with E-state index >= 15 is 0 Å². The van der Waals surface area contributed by atoms with Crippen LogP contribution in [-0.4, -0.2) is 25.2 Å². The predicted molar refractivity (Wildman–Crippen MR) is 76.1 cm³/mol. The van der Waals surface area contributed by atoms with Gasteiger partial charge in [0, 0.05) is 37.0 Å². The Kier molecular flexibility index (Phi) is 4.53. The van der Waals surface area contributed by atoms with E-state index in [4.69, 9.17) is 4.74 Å². The summed E-state index contributed by atoms with van der Waals surface area (Å²) in [4.78, 5) is 4.53. The fraction of sp³-hybridized carbons (Fsp3) is 0.400. The molecule has 0 bridgehead atoms. The summed E-state index contributed by atoms with van der Waals surface area (Å²) in [6, 6.07) is 10.4. The lowest BCUT2D eigenvalue weighted by atomic mass is 10.1. The Labute approximate surface area is 108 Å². The van der Waals surface area contributed by atoms with Gasteiger partial charge in [0.25, 0.3) is 0 Å². The van der Waals surface area contributed by atoms with Crippen LogP contribution in [-0.2, 0) is 4.74 Å². The van der Waals surface area contributed by atoms with Crippen LogP contribution in [0.25, 0.3) is 10.9 Å². The molecule has 0 spiro atoms. The standard InChI is InChI=1S/C15H20N2O/c1-12-11-15(16-9-5-6-10-18-2)13-7-3-4-8-14(13)17-12/h3-4,7-8,11H,5-6,9-10H2,1-2H3,(H,16,17). The third-order valence-corrected chi connectivity index (χ3v) is 2.93. The highest BCUT2D eigenvalue weighted by Crippen LogP contribution is 2.22. The van der Waals surface area contributed by atoms with Crippen molar-refractivity contribution < 1.29 is 4.74 Å². The number of nitrogens with zero attached hydrogens (tertiary/aromatic N) is 1. The molecular weight excluding hydrogens is 224 g/mol. The van der Waals surface area contributed by atoms with Crippen LogP contribution in [0.15, 0.2) is 30.3 Å². The molecule has 2 rings (SSSR count). The SMILES string of the molecule is COCCCCNc1cc(C)nc2ccccc12. The molecule has 0 atom stereocenters. The maximum absolute atomic E-state index is 5.05. The van der Waals surface area contributed by atoms with Gasteiger partial charge in [-0.1, -0.05) is 18.2 Å². The number of unbranched alkanes of at least 4 members (excludes halogenated alkanes) is 1. The zero-order valence-electron chi connectivity index (χ0n) is 11.1. The van der Waals surface area contributed by atoms with E-state index in [0.29, 0.717) is 0 Å². The maximum atomic E-state index is 5.05. The van der Waals surface area contributed by atoms with Crippen LogP contribution in [0.3, 0.4) is 0 Å². The molecule has 1 aromatic heterocycles. The van der Waals surface area contributed by atoms with Gasteiger partial charge in [0.1, 0.15) is 0 Å². The summed E-state index contributed by atoms with van der Waals surface area (Å²) < 4.78 is 5.05. The second-order valence-electron chi connectivity index (χ2n) is 4.46. The largest absolute Gasteiger partial charge is 0.385 e. The average Bonchev–Trinajstić information content (AvgIpc) is 2.38. The molecule has 0 aliphatic heterocycles. The van der Waals surface area contributed by atoms with Gasteiger partial charge >= 0.3 is 0 Å². The minimum absolute atomic E-state index is 0.831. The molecule has 1 aromatic carbocycles. The van der Waals surface area contributed by atoms with Crippen LogP contribution in [0.4, 0.5) is 5.69 Å². The van der Waals surface area contributed by atoms with Gasteiger partial charge < -0.3 is 10.1 Å². The van der Waals surface area contributed by atoms with E-state index in [1.807, 2.05) is 13.0 Å². The molecule has 3 nitrogen and oxygen atoms in total. The molecular formula is C15H20N2O. The molecule has 0 saturated heterocycles. The van der Waals surface area contributed by atoms with E-state index < -0.39 is 0 Å². The summed E-state index contributed by atoms with van der Waals surface area (Å²) in [6.45, 7) is 3.83. The number of benzene rings is 1. The van der Waals surface area contributed by atoms with E-state index in [2.05, 4.69) is 34.6 Å². The Morgan fingerprint density at radius 3 is 2.89 bits per heavy atom. The molecule has 96 valence electrons. The number of aryl methyl sites for hydroxylation is 1. The maximum Gasteiger partial charge on any atom is 0.0725 e. The quantitative estimate of drug-likeness (QED) is 0.791. The topological polar surface area (TPSA) is 34.1 Å². The second kappa shape index (κ2) is 6.36. The number of fused-ring (bicyclic) bond motifs is 1. The fourth-order valence-electron chi connectivity index (χ4n) is 2.05. The number of anilines is 1. The van der Waals surface area contributed by atoms with Crippen LogP contribution in [0.1, 0.15) is 18.5 Å². The Hall–Kier alpha value is -1.61. The Balaban J connectivity index is 2.07. The first-order chi connectivity index (χ1) is 8.81. The molecule has 1 N–H and O–H groups in total. The van der Waals surface area contributed by atoms with Crippen molar-refractivity contribution in [2.24, 2.45) is 0 Å². The first kappa shape index (κ1) is 12.8. The Morgan fingerprint density at radius 1 is 1.22 bits per heavy atom. The first-order valence-electron chi connectivity index (χ1n) is 6.40. The highest BCUT2D eigenvalue weighted by atomic mass is 16.5. The average molecular weight is 244 g/mol. The number of aromatic nitrogens is 1. The lowest BCUT2D eigenvalue weighted by Gasteiger charge is -2.10. The van der Waals surface area contributed by atoms with Gasteiger partial charge in [0.05, 0.1) is 5.52 Å². The van der Waals surface area contributed by atoms with Crippen molar-refractivity contribution in [1.29, 1.82) is 0 Å². The highest BCUT2D eigenvalue weighted by Gasteiger charge is 2.02. The number of para-hydroxylation sites is 1. The van der Waals surface area contributed by atoms with Crippen molar-refractivity contribution in [3.8, 4) is 0 Å². The van der Waals surface area contributed by atoms with E-state index in [1.54, 1.807) is 7.11 Å². The van der Waals surface area contributed by atoms with Crippen molar-refractivity contribution >= 4 is 16.6 Å². The number of pyridine rings is 1. The van der Waals surface area contributed by atoms with Gasteiger partial charge in [-0.15, -0.1) is 0 Å². The van der Waals surface area contributed by atoms with Gasteiger partial charge in [0.2, 0.25) is 0 Å². The normalized spacial score (nSPS) is 10.8. The zero-order valence-corrected chi connectivity index (χ0v) is 11.1. The molecule has 1 heterocycles. The molecule has 0 radical (unpaired) electrons. The van der Waals surface area contributed by atoms with Crippen molar-refractivity contribution in [3.05, 3.63) is 36.0 Å². The van der Waals surface area contributed by atoms with E-state index in [0.717, 1.165) is 37.2 Å². The smallest absolute Gasteiger partial charge is 0.0725 e. The predicted octanol–water partition coefficient (Wildman–Crippen LogP) is 3.38. The van der Waals surface area contributed by atoms with Crippen LogP contribution >= 0.6 is 0 Å². The van der Waals surface area contributed by atoms with Crippen LogP contribution < -0.4 is 5.32 Å². The lowest BCUT2D eigenvalue weighted by molar-refractivity contribution is 0.194. The van der Waals surface area contributed by atoms with Crippen LogP contribution in [0.5, 0.6) is 0 Å². The van der Waals surface area contributed by atoms with Crippen LogP contribution in [0.2, 0.25) is 0 Å². The lowest BCUT2D eigenvalue weighted by Crippen LogP contribution is -2.04. The van der Waals surface area contributed by atoms with Gasteiger partial charge in [-0.25, -0.2) is 0 Å². The number of hydrogen-bond acceptors (Lipinski definition) is 3.